The van der Waals surface area contributed by atoms with Crippen molar-refractivity contribution in [3.8, 4) is 0 Å². The van der Waals surface area contributed by atoms with Crippen LogP contribution in [-0.2, 0) is 4.79 Å². The second-order valence-electron chi connectivity index (χ2n) is 6.92. The first-order chi connectivity index (χ1) is 10.1. The highest BCUT2D eigenvalue weighted by Crippen LogP contribution is 2.49. The van der Waals surface area contributed by atoms with Crippen molar-refractivity contribution >= 4 is 5.91 Å². The average Bonchev–Trinajstić information content (AvgIpc) is 2.81. The molecule has 2 fully saturated rings. The quantitative estimate of drug-likeness (QED) is 0.865. The molecule has 3 nitrogen and oxygen atoms in total. The maximum atomic E-state index is 12.9. The second kappa shape index (κ2) is 5.60. The summed E-state index contributed by atoms with van der Waals surface area (Å²) >= 11 is 0. The topological polar surface area (TPSA) is 40.5 Å². The van der Waals surface area contributed by atoms with Gasteiger partial charge in [0.15, 0.2) is 0 Å². The molecule has 1 heterocycles. The number of hydrogen-bond donors (Lipinski definition) is 1. The lowest BCUT2D eigenvalue weighted by molar-refractivity contribution is -0.139. The number of likely N-dealkylation sites (tertiary alicyclic amines) is 1. The van der Waals surface area contributed by atoms with E-state index in [-0.39, 0.29) is 5.41 Å². The standard InChI is InChI=1S/C18H26NO2/c1-2-8-18(21)11-9-17(10-12-18)13-14-19(16(17)20)15-6-4-3-5-7-15/h3-4,6-7,21H,2,5,8-14H2,1H3/t17-,18+. The van der Waals surface area contributed by atoms with E-state index in [9.17, 15) is 9.90 Å². The van der Waals surface area contributed by atoms with Crippen molar-refractivity contribution < 1.29 is 9.90 Å². The summed E-state index contributed by atoms with van der Waals surface area (Å²) in [6.07, 6.45) is 15.3. The minimum Gasteiger partial charge on any atom is -0.390 e. The maximum absolute atomic E-state index is 12.9. The number of hydrogen-bond acceptors (Lipinski definition) is 2. The van der Waals surface area contributed by atoms with Crippen LogP contribution in [-0.4, -0.2) is 28.1 Å². The molecule has 21 heavy (non-hydrogen) atoms. The maximum Gasteiger partial charge on any atom is 0.233 e. The van der Waals surface area contributed by atoms with Gasteiger partial charge in [-0.15, -0.1) is 0 Å². The Bertz CT molecular complexity index is 470. The molecule has 2 aliphatic carbocycles. The number of rotatable bonds is 3. The van der Waals surface area contributed by atoms with E-state index in [1.54, 1.807) is 0 Å². The van der Waals surface area contributed by atoms with Gasteiger partial charge in [0, 0.05) is 12.2 Å². The molecule has 1 N–H and O–H groups in total. The van der Waals surface area contributed by atoms with E-state index in [2.05, 4.69) is 19.4 Å². The molecule has 3 heteroatoms. The largest absolute Gasteiger partial charge is 0.390 e. The smallest absolute Gasteiger partial charge is 0.233 e. The first-order valence-electron chi connectivity index (χ1n) is 8.33. The molecule has 0 aromatic heterocycles. The van der Waals surface area contributed by atoms with Crippen LogP contribution in [0.2, 0.25) is 0 Å². The Labute approximate surface area is 127 Å². The Balaban J connectivity index is 1.69. The number of aliphatic hydroxyl groups is 1. The number of amides is 1. The van der Waals surface area contributed by atoms with Crippen LogP contribution in [0.3, 0.4) is 0 Å². The highest BCUT2D eigenvalue weighted by atomic mass is 16.3. The van der Waals surface area contributed by atoms with Gasteiger partial charge in [0.2, 0.25) is 5.91 Å². The molecule has 3 aliphatic rings. The van der Waals surface area contributed by atoms with Crippen molar-refractivity contribution in [2.75, 3.05) is 6.54 Å². The zero-order valence-corrected chi connectivity index (χ0v) is 13.0. The van der Waals surface area contributed by atoms with Crippen LogP contribution in [0.25, 0.3) is 0 Å². The zero-order valence-electron chi connectivity index (χ0n) is 13.0. The third kappa shape index (κ3) is 2.68. The van der Waals surface area contributed by atoms with Crippen LogP contribution in [0.4, 0.5) is 0 Å². The fourth-order valence-electron chi connectivity index (χ4n) is 4.14. The van der Waals surface area contributed by atoms with Gasteiger partial charge >= 0.3 is 0 Å². The van der Waals surface area contributed by atoms with Crippen LogP contribution in [0.15, 0.2) is 23.9 Å². The highest BCUT2D eigenvalue weighted by Gasteiger charge is 2.51. The van der Waals surface area contributed by atoms with E-state index < -0.39 is 5.60 Å². The van der Waals surface area contributed by atoms with Crippen LogP contribution in [0.1, 0.15) is 58.3 Å². The summed E-state index contributed by atoms with van der Waals surface area (Å²) in [5.41, 5.74) is 0.344. The normalized spacial score (nSPS) is 36.4. The zero-order chi connectivity index (χ0) is 14.9. The van der Waals surface area contributed by atoms with Gasteiger partial charge in [-0.05, 0) is 57.4 Å². The third-order valence-corrected chi connectivity index (χ3v) is 5.54. The average molecular weight is 288 g/mol. The molecular weight excluding hydrogens is 262 g/mol. The Kier molecular flexibility index (Phi) is 3.96. The molecule has 1 amide bonds. The lowest BCUT2D eigenvalue weighted by atomic mass is 9.67. The van der Waals surface area contributed by atoms with E-state index in [0.29, 0.717) is 5.91 Å². The van der Waals surface area contributed by atoms with Gasteiger partial charge in [-0.1, -0.05) is 25.5 Å². The van der Waals surface area contributed by atoms with Crippen molar-refractivity contribution in [2.45, 2.75) is 63.9 Å². The number of carbonyl (C=O) groups excluding carboxylic acids is 1. The molecule has 1 spiro atoms. The molecule has 115 valence electrons. The molecule has 1 radical (unpaired) electrons. The molecule has 0 bridgehead atoms. The van der Waals surface area contributed by atoms with Crippen molar-refractivity contribution in [1.82, 2.24) is 4.90 Å². The monoisotopic (exact) mass is 288 g/mol. The lowest BCUT2D eigenvalue weighted by Gasteiger charge is -2.41. The first kappa shape index (κ1) is 14.8. The van der Waals surface area contributed by atoms with Crippen LogP contribution in [0.5, 0.6) is 0 Å². The molecule has 0 atom stereocenters. The van der Waals surface area contributed by atoms with Gasteiger partial charge in [0.1, 0.15) is 0 Å². The summed E-state index contributed by atoms with van der Waals surface area (Å²) in [6.45, 7) is 2.95. The predicted molar refractivity (Wildman–Crippen MR) is 83.2 cm³/mol. The van der Waals surface area contributed by atoms with Crippen LogP contribution >= 0.6 is 0 Å². The number of allylic oxidation sites excluding steroid dienone is 3. The van der Waals surface area contributed by atoms with E-state index in [1.165, 1.54) is 0 Å². The highest BCUT2D eigenvalue weighted by molar-refractivity contribution is 5.87. The Morgan fingerprint density at radius 1 is 1.24 bits per heavy atom. The van der Waals surface area contributed by atoms with E-state index >= 15 is 0 Å². The molecule has 0 aromatic rings. The Hall–Kier alpha value is -1.09. The predicted octanol–water partition coefficient (Wildman–Crippen LogP) is 3.36. The van der Waals surface area contributed by atoms with E-state index in [0.717, 1.165) is 63.6 Å². The van der Waals surface area contributed by atoms with Crippen molar-refractivity contribution in [1.29, 1.82) is 0 Å². The molecule has 3 rings (SSSR count). The minimum absolute atomic E-state index is 0.199. The molecule has 0 unspecified atom stereocenters. The van der Waals surface area contributed by atoms with E-state index in [1.807, 2.05) is 17.1 Å². The molecular formula is C18H26NO2. The Morgan fingerprint density at radius 2 is 2.00 bits per heavy atom. The van der Waals surface area contributed by atoms with Gasteiger partial charge in [-0.3, -0.25) is 4.79 Å². The third-order valence-electron chi connectivity index (χ3n) is 5.54. The summed E-state index contributed by atoms with van der Waals surface area (Å²) in [4.78, 5) is 14.9. The van der Waals surface area contributed by atoms with Crippen LogP contribution < -0.4 is 0 Å². The fourth-order valence-corrected chi connectivity index (χ4v) is 4.14. The number of carbonyl (C=O) groups is 1. The lowest BCUT2D eigenvalue weighted by Crippen LogP contribution is -2.43. The minimum atomic E-state index is -0.521. The van der Waals surface area contributed by atoms with Gasteiger partial charge < -0.3 is 10.0 Å². The SMILES string of the molecule is CCC[C@]1(O)CC[C@]2(CCN(C3=CC[CH]C=C3)C2=O)CC1. The summed E-state index contributed by atoms with van der Waals surface area (Å²) < 4.78 is 0. The molecule has 1 saturated heterocycles. The van der Waals surface area contributed by atoms with Crippen molar-refractivity contribution in [3.63, 3.8) is 0 Å². The number of nitrogens with zero attached hydrogens (tertiary/aromatic N) is 1. The second-order valence-corrected chi connectivity index (χ2v) is 6.92. The fraction of sp³-hybridized carbons (Fsp3) is 0.667. The molecule has 1 aliphatic heterocycles. The van der Waals surface area contributed by atoms with Gasteiger partial charge in [0.05, 0.1) is 11.0 Å². The Morgan fingerprint density at radius 3 is 2.62 bits per heavy atom. The van der Waals surface area contributed by atoms with Gasteiger partial charge in [-0.25, -0.2) is 0 Å². The van der Waals surface area contributed by atoms with Crippen molar-refractivity contribution in [3.05, 3.63) is 30.3 Å². The van der Waals surface area contributed by atoms with Crippen LogP contribution in [0, 0.1) is 11.8 Å². The summed E-state index contributed by atoms with van der Waals surface area (Å²) in [7, 11) is 0. The first-order valence-corrected chi connectivity index (χ1v) is 8.33. The summed E-state index contributed by atoms with van der Waals surface area (Å²) in [6, 6.07) is 0. The van der Waals surface area contributed by atoms with E-state index in [4.69, 9.17) is 0 Å². The molecule has 1 saturated carbocycles. The molecule has 0 aromatic carbocycles. The summed E-state index contributed by atoms with van der Waals surface area (Å²) in [5.74, 6) is 0.291. The van der Waals surface area contributed by atoms with Gasteiger partial charge in [-0.2, -0.15) is 0 Å². The van der Waals surface area contributed by atoms with Gasteiger partial charge in [0.25, 0.3) is 0 Å². The van der Waals surface area contributed by atoms with Crippen molar-refractivity contribution in [2.24, 2.45) is 5.41 Å². The summed E-state index contributed by atoms with van der Waals surface area (Å²) in [5, 5.41) is 10.6.